The van der Waals surface area contributed by atoms with Gasteiger partial charge in [0.2, 0.25) is 11.8 Å². The Balaban J connectivity index is 1.39. The van der Waals surface area contributed by atoms with Crippen LogP contribution in [0, 0.1) is 11.3 Å². The van der Waals surface area contributed by atoms with Crippen LogP contribution in [0.15, 0.2) is 55.1 Å². The Morgan fingerprint density at radius 3 is 2.21 bits per heavy atom. The van der Waals surface area contributed by atoms with Crippen LogP contribution in [0.5, 0.6) is 0 Å². The largest absolute Gasteiger partial charge is 0.366 e. The topological polar surface area (TPSA) is 87.0 Å². The van der Waals surface area contributed by atoms with E-state index in [4.69, 9.17) is 4.98 Å². The number of rotatable bonds is 5. The van der Waals surface area contributed by atoms with Crippen LogP contribution >= 0.6 is 0 Å². The number of amides is 2. The van der Waals surface area contributed by atoms with Crippen LogP contribution < -0.4 is 14.7 Å². The van der Waals surface area contributed by atoms with Crippen LogP contribution in [-0.2, 0) is 22.6 Å². The molecular formula is C33H37N7O2. The van der Waals surface area contributed by atoms with Crippen molar-refractivity contribution in [3.63, 3.8) is 0 Å². The second-order valence-corrected chi connectivity index (χ2v) is 11.1. The third kappa shape index (κ3) is 5.02. The number of pyridine rings is 1. The van der Waals surface area contributed by atoms with Gasteiger partial charge >= 0.3 is 0 Å². The fourth-order valence-electron chi connectivity index (χ4n) is 6.55. The first kappa shape index (κ1) is 27.6. The third-order valence-corrected chi connectivity index (χ3v) is 8.87. The predicted molar refractivity (Wildman–Crippen MR) is 166 cm³/mol. The summed E-state index contributed by atoms with van der Waals surface area (Å²) >= 11 is 0. The molecule has 0 unspecified atom stereocenters. The van der Waals surface area contributed by atoms with Gasteiger partial charge in [0.1, 0.15) is 17.7 Å². The first-order valence-electron chi connectivity index (χ1n) is 14.9. The number of carbonyl (C=O) groups is 2. The minimum Gasteiger partial charge on any atom is -0.366 e. The average Bonchev–Trinajstić information content (AvgIpc) is 3.06. The van der Waals surface area contributed by atoms with Crippen molar-refractivity contribution in [1.82, 2.24) is 14.8 Å². The number of benzene rings is 2. The van der Waals surface area contributed by atoms with E-state index in [1.54, 1.807) is 0 Å². The molecule has 2 aromatic carbocycles. The molecule has 0 radical (unpaired) electrons. The van der Waals surface area contributed by atoms with E-state index in [1.165, 1.54) is 22.5 Å². The molecule has 42 heavy (non-hydrogen) atoms. The summed E-state index contributed by atoms with van der Waals surface area (Å²) in [5.41, 5.74) is 3.98. The van der Waals surface area contributed by atoms with Gasteiger partial charge in [-0.05, 0) is 29.5 Å². The molecule has 0 atom stereocenters. The Morgan fingerprint density at radius 2 is 1.52 bits per heavy atom. The second-order valence-electron chi connectivity index (χ2n) is 11.1. The highest BCUT2D eigenvalue weighted by molar-refractivity contribution is 5.94. The van der Waals surface area contributed by atoms with Crippen molar-refractivity contribution in [1.29, 1.82) is 5.26 Å². The number of hydrogen-bond acceptors (Lipinski definition) is 7. The van der Waals surface area contributed by atoms with Crippen molar-refractivity contribution in [3.8, 4) is 6.07 Å². The molecule has 3 aliphatic rings. The highest BCUT2D eigenvalue weighted by Crippen LogP contribution is 2.38. The number of hydrogen-bond donors (Lipinski definition) is 0. The molecule has 1 aromatic heterocycles. The van der Waals surface area contributed by atoms with E-state index >= 15 is 0 Å². The highest BCUT2D eigenvalue weighted by atomic mass is 16.2. The maximum absolute atomic E-state index is 12.3. The number of carbonyl (C=O) groups excluding carboxylic acids is 2. The van der Waals surface area contributed by atoms with E-state index in [0.29, 0.717) is 76.7 Å². The summed E-state index contributed by atoms with van der Waals surface area (Å²) in [6, 6.07) is 17.4. The van der Waals surface area contributed by atoms with Crippen LogP contribution in [0.3, 0.4) is 0 Å². The number of fused-ring (bicyclic) bond motifs is 2. The molecule has 0 bridgehead atoms. The minimum absolute atomic E-state index is 0.0459. The Kier molecular flexibility index (Phi) is 7.70. The molecule has 3 aliphatic heterocycles. The number of aromatic nitrogens is 1. The molecule has 9 heteroatoms. The quantitative estimate of drug-likeness (QED) is 0.439. The van der Waals surface area contributed by atoms with E-state index in [2.05, 4.69) is 69.8 Å². The van der Waals surface area contributed by atoms with Crippen LogP contribution in [-0.4, -0.2) is 85.5 Å². The van der Waals surface area contributed by atoms with E-state index in [9.17, 15) is 14.9 Å². The Bertz CT molecular complexity index is 1560. The van der Waals surface area contributed by atoms with E-state index in [0.717, 1.165) is 29.9 Å². The molecule has 6 rings (SSSR count). The minimum atomic E-state index is -0.0459. The Morgan fingerprint density at radius 1 is 0.857 bits per heavy atom. The number of piperazine rings is 2. The molecule has 216 valence electrons. The summed E-state index contributed by atoms with van der Waals surface area (Å²) in [5.74, 6) is 1.75. The summed E-state index contributed by atoms with van der Waals surface area (Å²) in [5, 5.41) is 13.0. The van der Waals surface area contributed by atoms with Gasteiger partial charge in [0, 0.05) is 88.5 Å². The Hall–Kier alpha value is -4.58. The zero-order valence-electron chi connectivity index (χ0n) is 24.3. The molecule has 4 heterocycles. The molecule has 0 saturated carbocycles. The van der Waals surface area contributed by atoms with Gasteiger partial charge in [-0.2, -0.15) is 5.26 Å². The first-order valence-corrected chi connectivity index (χ1v) is 14.9. The lowest BCUT2D eigenvalue weighted by atomic mass is 9.94. The van der Waals surface area contributed by atoms with Gasteiger partial charge in [0.15, 0.2) is 0 Å². The van der Waals surface area contributed by atoms with Gasteiger partial charge in [-0.3, -0.25) is 9.59 Å². The average molecular weight is 564 g/mol. The van der Waals surface area contributed by atoms with Gasteiger partial charge in [-0.1, -0.05) is 49.9 Å². The van der Waals surface area contributed by atoms with Crippen LogP contribution in [0.1, 0.15) is 30.0 Å². The summed E-state index contributed by atoms with van der Waals surface area (Å²) < 4.78 is 0. The lowest BCUT2D eigenvalue weighted by molar-refractivity contribution is -0.131. The molecular weight excluding hydrogens is 526 g/mol. The van der Waals surface area contributed by atoms with Crippen molar-refractivity contribution >= 4 is 39.9 Å². The van der Waals surface area contributed by atoms with Crippen LogP contribution in [0.25, 0.3) is 10.8 Å². The fraction of sp³-hybridized carbons (Fsp3) is 0.394. The first-order chi connectivity index (χ1) is 20.5. The normalized spacial score (nSPS) is 17.2. The van der Waals surface area contributed by atoms with Gasteiger partial charge in [0.25, 0.3) is 0 Å². The number of nitrogens with zero attached hydrogens (tertiary/aromatic N) is 7. The fourth-order valence-corrected chi connectivity index (χ4v) is 6.55. The van der Waals surface area contributed by atoms with Crippen molar-refractivity contribution in [3.05, 3.63) is 71.8 Å². The van der Waals surface area contributed by atoms with Crippen molar-refractivity contribution in [2.24, 2.45) is 0 Å². The number of anilines is 3. The predicted octanol–water partition coefficient (Wildman–Crippen LogP) is 3.56. The van der Waals surface area contributed by atoms with Crippen molar-refractivity contribution in [2.75, 3.05) is 73.6 Å². The third-order valence-electron chi connectivity index (χ3n) is 8.87. The smallest absolute Gasteiger partial charge is 0.246 e. The standard InChI is InChI=1S/C33H37N7O2/c1-3-30(41)36-14-18-38(19-15-36)32-26-12-13-40(29-11-7-9-24-8-5-6-10-25(24)29)23-28(26)27(22-34)33(35-32)39-20-16-37(17-21-39)31(42)4-2/h3,5-11H,1,4,12-21,23H2,2H3. The summed E-state index contributed by atoms with van der Waals surface area (Å²) in [7, 11) is 0. The SMILES string of the molecule is C=CC(=O)N1CCN(c2nc(N3CCN(C(=O)CC)CC3)c(C#N)c3c2CCN(c2cccc4ccccc24)C3)CC1. The molecule has 9 nitrogen and oxygen atoms in total. The summed E-state index contributed by atoms with van der Waals surface area (Å²) in [6.45, 7) is 12.1. The molecule has 2 amide bonds. The van der Waals surface area contributed by atoms with Gasteiger partial charge in [-0.15, -0.1) is 0 Å². The molecule has 2 saturated heterocycles. The van der Waals surface area contributed by atoms with Gasteiger partial charge < -0.3 is 24.5 Å². The monoisotopic (exact) mass is 563 g/mol. The maximum Gasteiger partial charge on any atom is 0.246 e. The van der Waals surface area contributed by atoms with Crippen LogP contribution in [0.4, 0.5) is 17.3 Å². The molecule has 0 aliphatic carbocycles. The van der Waals surface area contributed by atoms with Crippen molar-refractivity contribution in [2.45, 2.75) is 26.3 Å². The zero-order valence-corrected chi connectivity index (χ0v) is 24.3. The highest BCUT2D eigenvalue weighted by Gasteiger charge is 2.33. The lowest BCUT2D eigenvalue weighted by Gasteiger charge is -2.41. The van der Waals surface area contributed by atoms with E-state index < -0.39 is 0 Å². The molecule has 0 N–H and O–H groups in total. The summed E-state index contributed by atoms with van der Waals surface area (Å²) in [6.07, 6.45) is 2.65. The zero-order chi connectivity index (χ0) is 29.2. The van der Waals surface area contributed by atoms with Gasteiger partial charge in [-0.25, -0.2) is 4.98 Å². The van der Waals surface area contributed by atoms with Gasteiger partial charge in [0.05, 0.1) is 5.56 Å². The van der Waals surface area contributed by atoms with Crippen LogP contribution in [0.2, 0.25) is 0 Å². The second kappa shape index (κ2) is 11.7. The lowest BCUT2D eigenvalue weighted by Crippen LogP contribution is -2.50. The maximum atomic E-state index is 12.3. The number of nitriles is 1. The molecule has 0 spiro atoms. The van der Waals surface area contributed by atoms with E-state index in [1.807, 2.05) is 16.7 Å². The molecule has 2 fully saturated rings. The molecule has 3 aromatic rings. The van der Waals surface area contributed by atoms with Crippen molar-refractivity contribution < 1.29 is 9.59 Å². The Labute approximate surface area is 247 Å². The summed E-state index contributed by atoms with van der Waals surface area (Å²) in [4.78, 5) is 40.4. The van der Waals surface area contributed by atoms with E-state index in [-0.39, 0.29) is 11.8 Å².